The molecule has 23 nitrogen and oxygen atoms in total. The van der Waals surface area contributed by atoms with Gasteiger partial charge in [0.15, 0.2) is 0 Å². The molecule has 0 spiro atoms. The first-order chi connectivity index (χ1) is 30.2. The van der Waals surface area contributed by atoms with Gasteiger partial charge in [0.1, 0.15) is 48.3 Å². The molecular formula is C39H69N11O12S2. The maximum absolute atomic E-state index is 13.8. The number of aliphatic hydroxyl groups is 2. The van der Waals surface area contributed by atoms with Crippen LogP contribution in [0.1, 0.15) is 85.5 Å². The van der Waals surface area contributed by atoms with Crippen LogP contribution in [0.5, 0.6) is 0 Å². The summed E-state index contributed by atoms with van der Waals surface area (Å²) >= 11 is 0. The fourth-order valence-corrected chi connectivity index (χ4v) is 9.10. The maximum atomic E-state index is 13.8. The lowest BCUT2D eigenvalue weighted by Crippen LogP contribution is -2.61. The van der Waals surface area contributed by atoms with E-state index in [9.17, 15) is 58.5 Å². The average Bonchev–Trinajstić information content (AvgIpc) is 3.74. The highest BCUT2D eigenvalue weighted by molar-refractivity contribution is 8.76. The van der Waals surface area contributed by atoms with Gasteiger partial charge in [-0.1, -0.05) is 35.4 Å². The SMILES string of the molecule is CC(C)C[C@@H]1NC(=O)[C@H]([C@@H](C)O)NC(=O)[C@@H]2CCCN2C(=O)[C@H](CO)NC(=O)[C@H](C)NC(=O)[C@H](CCCCN)NC(=O)[C@H](CCCCN)NC(=O)[C@@H](N)CSSC[C@@H](C(=O)O)NC1=O. The second kappa shape index (κ2) is 28.6. The predicted molar refractivity (Wildman–Crippen MR) is 238 cm³/mol. The Labute approximate surface area is 381 Å². The second-order valence-corrected chi connectivity index (χ2v) is 18.9. The normalized spacial score (nSPS) is 28.8. The number of amides is 8. The van der Waals surface area contributed by atoms with Crippen LogP contribution in [0.15, 0.2) is 0 Å². The molecule has 0 radical (unpaired) electrons. The van der Waals surface area contributed by atoms with Crippen molar-refractivity contribution in [2.24, 2.45) is 23.1 Å². The van der Waals surface area contributed by atoms with Crippen molar-refractivity contribution in [3.05, 3.63) is 0 Å². The third kappa shape index (κ3) is 18.3. The largest absolute Gasteiger partial charge is 0.480 e. The molecule has 2 rings (SSSR count). The van der Waals surface area contributed by atoms with Crippen LogP contribution in [-0.2, 0) is 43.2 Å². The van der Waals surface area contributed by atoms with Gasteiger partial charge in [-0.3, -0.25) is 38.4 Å². The number of carbonyl (C=O) groups is 9. The van der Waals surface area contributed by atoms with Crippen LogP contribution in [0.3, 0.4) is 0 Å². The van der Waals surface area contributed by atoms with Gasteiger partial charge in [0.2, 0.25) is 47.3 Å². The fourth-order valence-electron chi connectivity index (χ4n) is 6.82. The number of nitrogens with one attached hydrogen (secondary N) is 7. The van der Waals surface area contributed by atoms with Gasteiger partial charge < -0.3 is 74.6 Å². The summed E-state index contributed by atoms with van der Waals surface area (Å²) in [5, 5.41) is 48.4. The molecule has 0 aliphatic carbocycles. The van der Waals surface area contributed by atoms with Crippen molar-refractivity contribution < 1.29 is 58.5 Å². The Bertz CT molecular complexity index is 1610. The van der Waals surface area contributed by atoms with Gasteiger partial charge in [0.05, 0.1) is 18.8 Å². The van der Waals surface area contributed by atoms with Gasteiger partial charge in [0, 0.05) is 18.1 Å². The van der Waals surface area contributed by atoms with Crippen LogP contribution >= 0.6 is 21.6 Å². The Hall–Kier alpha value is -4.27. The molecule has 2 saturated heterocycles. The summed E-state index contributed by atoms with van der Waals surface area (Å²) < 4.78 is 0. The molecule has 25 heteroatoms. The highest BCUT2D eigenvalue weighted by Crippen LogP contribution is 2.23. The molecule has 2 aliphatic heterocycles. The Balaban J connectivity index is 2.52. The van der Waals surface area contributed by atoms with Gasteiger partial charge in [-0.2, -0.15) is 0 Å². The van der Waals surface area contributed by atoms with E-state index in [4.69, 9.17) is 17.2 Å². The summed E-state index contributed by atoms with van der Waals surface area (Å²) in [6.07, 6.45) is 1.06. The average molecular weight is 948 g/mol. The first kappa shape index (κ1) is 55.9. The van der Waals surface area contributed by atoms with Crippen LogP contribution in [0.25, 0.3) is 0 Å². The van der Waals surface area contributed by atoms with E-state index < -0.39 is 120 Å². The summed E-state index contributed by atoms with van der Waals surface area (Å²) in [6.45, 7) is 5.81. The molecule has 0 aromatic heterocycles. The summed E-state index contributed by atoms with van der Waals surface area (Å²) in [7, 11) is 2.04. The number of carboxylic acid groups (broad SMARTS) is 1. The lowest BCUT2D eigenvalue weighted by atomic mass is 10.0. The minimum absolute atomic E-state index is 0.0308. The van der Waals surface area contributed by atoms with E-state index in [2.05, 4.69) is 37.2 Å². The number of aliphatic carboxylic acids is 1. The van der Waals surface area contributed by atoms with E-state index in [0.717, 1.165) is 26.5 Å². The van der Waals surface area contributed by atoms with Gasteiger partial charge >= 0.3 is 5.97 Å². The van der Waals surface area contributed by atoms with Crippen molar-refractivity contribution in [2.75, 3.05) is 37.7 Å². The number of fused-ring (bicyclic) bond motifs is 1. The molecular weight excluding hydrogens is 879 g/mol. The second-order valence-electron chi connectivity index (χ2n) is 16.3. The molecule has 64 heavy (non-hydrogen) atoms. The van der Waals surface area contributed by atoms with Crippen molar-refractivity contribution >= 4 is 74.8 Å². The van der Waals surface area contributed by atoms with Gasteiger partial charge in [-0.25, -0.2) is 4.79 Å². The Morgan fingerprint density at radius 1 is 0.703 bits per heavy atom. The van der Waals surface area contributed by atoms with E-state index in [1.165, 1.54) is 13.8 Å². The number of rotatable bonds is 13. The number of aliphatic hydroxyl groups excluding tert-OH is 2. The number of hydrogen-bond donors (Lipinski definition) is 13. The smallest absolute Gasteiger partial charge is 0.327 e. The molecule has 0 bridgehead atoms. The van der Waals surface area contributed by atoms with Crippen LogP contribution < -0.4 is 54.4 Å². The number of unbranched alkanes of at least 4 members (excludes halogenated alkanes) is 2. The zero-order chi connectivity index (χ0) is 48.1. The summed E-state index contributed by atoms with van der Waals surface area (Å²) in [6, 6.07) is -12.0. The molecule has 2 fully saturated rings. The highest BCUT2D eigenvalue weighted by Gasteiger charge is 2.41. The monoisotopic (exact) mass is 947 g/mol. The number of hydrogen-bond acceptors (Lipinski definition) is 16. The molecule has 0 aromatic carbocycles. The number of carbonyl (C=O) groups excluding carboxylic acids is 8. The van der Waals surface area contributed by atoms with Gasteiger partial charge in [0.25, 0.3) is 0 Å². The molecule has 364 valence electrons. The van der Waals surface area contributed by atoms with Gasteiger partial charge in [-0.05, 0) is 90.6 Å². The minimum atomic E-state index is -1.63. The number of nitrogens with zero attached hydrogens (tertiary/aromatic N) is 1. The quantitative estimate of drug-likeness (QED) is 0.0616. The van der Waals surface area contributed by atoms with Crippen molar-refractivity contribution in [2.45, 2.75) is 146 Å². The molecule has 0 unspecified atom stereocenters. The lowest BCUT2D eigenvalue weighted by molar-refractivity contribution is -0.144. The Kier molecular flexibility index (Phi) is 25.0. The standard InChI is InChI=1S/C39H69N11O12S2/c1-20(2)16-26-35(57)48-28(39(61)62)19-64-63-18-23(42)32(54)44-25(11-6-8-14-41)34(56)45-24(10-5-7-13-40)33(55)43-21(3)31(53)47-27(17-51)38(60)50-15-9-12-29(50)36(58)49-30(22(4)52)37(59)46-26/h20-30,51-52H,5-19,40-42H2,1-4H3,(H,43,55)(H,44,54)(H,45,56)(H,46,59)(H,47,53)(H,48,57)(H,49,58)(H,61,62)/t21-,22+,23-,24-,25-,26-,27-,28-,29-,30-/m0/s1. The van der Waals surface area contributed by atoms with E-state index in [1.807, 2.05) is 0 Å². The zero-order valence-electron chi connectivity index (χ0n) is 37.0. The summed E-state index contributed by atoms with van der Waals surface area (Å²) in [5.41, 5.74) is 17.5. The lowest BCUT2D eigenvalue weighted by Gasteiger charge is -2.31. The number of nitrogens with two attached hydrogens (primary N) is 3. The molecule has 0 saturated carbocycles. The Morgan fingerprint density at radius 2 is 1.23 bits per heavy atom. The van der Waals surface area contributed by atoms with E-state index in [-0.39, 0.29) is 49.7 Å². The minimum Gasteiger partial charge on any atom is -0.480 e. The molecule has 0 aromatic rings. The van der Waals surface area contributed by atoms with Crippen molar-refractivity contribution in [1.29, 1.82) is 0 Å². The third-order valence-electron chi connectivity index (χ3n) is 10.5. The van der Waals surface area contributed by atoms with E-state index in [1.54, 1.807) is 13.8 Å². The van der Waals surface area contributed by atoms with E-state index in [0.29, 0.717) is 45.2 Å². The molecule has 2 heterocycles. The third-order valence-corrected chi connectivity index (χ3v) is 12.9. The first-order valence-corrected chi connectivity index (χ1v) is 24.1. The van der Waals surface area contributed by atoms with Crippen LogP contribution in [0.2, 0.25) is 0 Å². The fraction of sp³-hybridized carbons (Fsp3) is 0.769. The number of carboxylic acids is 1. The molecule has 10 atom stereocenters. The van der Waals surface area contributed by atoms with Crippen molar-refractivity contribution in [3.63, 3.8) is 0 Å². The predicted octanol–water partition coefficient (Wildman–Crippen LogP) is -4.13. The van der Waals surface area contributed by atoms with Crippen LogP contribution in [0, 0.1) is 5.92 Å². The Morgan fingerprint density at radius 3 is 1.78 bits per heavy atom. The van der Waals surface area contributed by atoms with Crippen molar-refractivity contribution in [1.82, 2.24) is 42.1 Å². The molecule has 2 aliphatic rings. The topological polar surface area (TPSA) is 380 Å². The highest BCUT2D eigenvalue weighted by atomic mass is 33.1. The first-order valence-electron chi connectivity index (χ1n) is 21.6. The maximum Gasteiger partial charge on any atom is 0.327 e. The molecule has 16 N–H and O–H groups in total. The van der Waals surface area contributed by atoms with E-state index >= 15 is 0 Å². The molecule has 8 amide bonds. The van der Waals surface area contributed by atoms with Crippen molar-refractivity contribution in [3.8, 4) is 0 Å². The van der Waals surface area contributed by atoms with Crippen LogP contribution in [0.4, 0.5) is 0 Å². The summed E-state index contributed by atoms with van der Waals surface area (Å²) in [5.74, 6) is -8.40. The van der Waals surface area contributed by atoms with Crippen LogP contribution in [-0.4, -0.2) is 172 Å². The van der Waals surface area contributed by atoms with Gasteiger partial charge in [-0.15, -0.1) is 0 Å². The zero-order valence-corrected chi connectivity index (χ0v) is 38.6. The summed E-state index contributed by atoms with van der Waals surface area (Å²) in [4.78, 5) is 122.